The van der Waals surface area contributed by atoms with E-state index in [1.807, 2.05) is 31.2 Å². The molecule has 0 radical (unpaired) electrons. The van der Waals surface area contributed by atoms with Gasteiger partial charge in [-0.25, -0.2) is 4.98 Å². The van der Waals surface area contributed by atoms with Crippen molar-refractivity contribution in [2.45, 2.75) is 6.92 Å². The monoisotopic (exact) mass is 266 g/mol. The lowest BCUT2D eigenvalue weighted by Gasteiger charge is -2.12. The first-order valence-corrected chi connectivity index (χ1v) is 6.19. The number of rotatable bonds is 2. The van der Waals surface area contributed by atoms with Crippen LogP contribution in [0, 0.1) is 6.92 Å². The average molecular weight is 266 g/mol. The van der Waals surface area contributed by atoms with Crippen LogP contribution < -0.4 is 16.2 Å². The average Bonchev–Trinajstić information content (AvgIpc) is 2.47. The van der Waals surface area contributed by atoms with Crippen LogP contribution in [0.1, 0.15) is 5.56 Å². The van der Waals surface area contributed by atoms with E-state index in [9.17, 15) is 0 Å². The molecule has 0 saturated heterocycles. The van der Waals surface area contributed by atoms with Gasteiger partial charge < -0.3 is 16.2 Å². The molecule has 2 aromatic heterocycles. The Bertz CT molecular complexity index is 786. The number of hydrogen-bond acceptors (Lipinski definition) is 5. The number of benzene rings is 1. The smallest absolute Gasteiger partial charge is 0.155 e. The van der Waals surface area contributed by atoms with Crippen LogP contribution in [-0.4, -0.2) is 9.97 Å². The molecule has 2 heterocycles. The first-order chi connectivity index (χ1) is 9.66. The van der Waals surface area contributed by atoms with Crippen LogP contribution in [0.4, 0.5) is 11.5 Å². The van der Waals surface area contributed by atoms with Gasteiger partial charge in [-0.3, -0.25) is 4.98 Å². The zero-order chi connectivity index (χ0) is 14.1. The highest BCUT2D eigenvalue weighted by Crippen LogP contribution is 2.34. The molecule has 0 aliphatic rings. The van der Waals surface area contributed by atoms with Gasteiger partial charge in [0.1, 0.15) is 17.0 Å². The van der Waals surface area contributed by atoms with Crippen molar-refractivity contribution < 1.29 is 4.74 Å². The highest BCUT2D eigenvalue weighted by Gasteiger charge is 2.10. The van der Waals surface area contributed by atoms with E-state index < -0.39 is 0 Å². The molecular formula is C15H14N4O. The minimum absolute atomic E-state index is 0.256. The van der Waals surface area contributed by atoms with Crippen LogP contribution in [0.25, 0.3) is 10.9 Å². The second-order valence-electron chi connectivity index (χ2n) is 4.49. The minimum Gasteiger partial charge on any atom is -0.453 e. The van der Waals surface area contributed by atoms with Crippen molar-refractivity contribution in [1.82, 2.24) is 9.97 Å². The number of aromatic nitrogens is 2. The van der Waals surface area contributed by atoms with Crippen molar-refractivity contribution in [3.05, 3.63) is 48.3 Å². The number of nitrogen functional groups attached to an aromatic ring is 2. The lowest BCUT2D eigenvalue weighted by atomic mass is 10.1. The molecule has 1 aromatic carbocycles. The van der Waals surface area contributed by atoms with Crippen LogP contribution in [0.2, 0.25) is 0 Å². The molecule has 0 unspecified atom stereocenters. The summed E-state index contributed by atoms with van der Waals surface area (Å²) >= 11 is 0. The Labute approximate surface area is 116 Å². The van der Waals surface area contributed by atoms with Crippen LogP contribution in [0.3, 0.4) is 0 Å². The van der Waals surface area contributed by atoms with E-state index in [2.05, 4.69) is 9.97 Å². The van der Waals surface area contributed by atoms with Crippen LogP contribution in [0.5, 0.6) is 11.5 Å². The predicted molar refractivity (Wildman–Crippen MR) is 79.6 cm³/mol. The van der Waals surface area contributed by atoms with E-state index >= 15 is 0 Å². The van der Waals surface area contributed by atoms with Crippen molar-refractivity contribution in [3.8, 4) is 11.5 Å². The van der Waals surface area contributed by atoms with Gasteiger partial charge in [0.2, 0.25) is 0 Å². The molecule has 0 fully saturated rings. The highest BCUT2D eigenvalue weighted by atomic mass is 16.5. The quantitative estimate of drug-likeness (QED) is 0.744. The van der Waals surface area contributed by atoms with Gasteiger partial charge in [-0.15, -0.1) is 0 Å². The predicted octanol–water partition coefficient (Wildman–Crippen LogP) is 2.89. The number of hydrogen-bond donors (Lipinski definition) is 2. The molecule has 100 valence electrons. The fraction of sp³-hybridized carbons (Fsp3) is 0.0667. The topological polar surface area (TPSA) is 87.0 Å². The molecule has 5 nitrogen and oxygen atoms in total. The molecule has 0 amide bonds. The minimum atomic E-state index is 0.256. The Hall–Kier alpha value is -2.82. The summed E-state index contributed by atoms with van der Waals surface area (Å²) in [6.07, 6.45) is 3.30. The number of fused-ring (bicyclic) bond motifs is 1. The second-order valence-corrected chi connectivity index (χ2v) is 4.49. The lowest BCUT2D eigenvalue weighted by molar-refractivity contribution is 0.489. The first-order valence-electron chi connectivity index (χ1n) is 6.19. The Kier molecular flexibility index (Phi) is 2.87. The van der Waals surface area contributed by atoms with E-state index in [4.69, 9.17) is 16.2 Å². The fourth-order valence-electron chi connectivity index (χ4n) is 2.05. The maximum Gasteiger partial charge on any atom is 0.155 e. The van der Waals surface area contributed by atoms with Crippen molar-refractivity contribution >= 4 is 22.4 Å². The van der Waals surface area contributed by atoms with Crippen LogP contribution in [-0.2, 0) is 0 Å². The third kappa shape index (κ3) is 1.99. The van der Waals surface area contributed by atoms with Gasteiger partial charge in [0.15, 0.2) is 11.5 Å². The molecule has 0 spiro atoms. The van der Waals surface area contributed by atoms with Gasteiger partial charge >= 0.3 is 0 Å². The fourth-order valence-corrected chi connectivity index (χ4v) is 2.05. The summed E-state index contributed by atoms with van der Waals surface area (Å²) in [7, 11) is 0. The molecule has 4 N–H and O–H groups in total. The van der Waals surface area contributed by atoms with Crippen molar-refractivity contribution in [3.63, 3.8) is 0 Å². The van der Waals surface area contributed by atoms with Gasteiger partial charge in [0, 0.05) is 23.8 Å². The summed E-state index contributed by atoms with van der Waals surface area (Å²) in [5.74, 6) is 1.38. The Morgan fingerprint density at radius 2 is 1.80 bits per heavy atom. The van der Waals surface area contributed by atoms with Gasteiger partial charge in [0.25, 0.3) is 0 Å². The molecule has 5 heteroatoms. The van der Waals surface area contributed by atoms with Crippen LogP contribution in [0.15, 0.2) is 42.7 Å². The Balaban J connectivity index is 2.12. The first kappa shape index (κ1) is 12.2. The van der Waals surface area contributed by atoms with Crippen LogP contribution >= 0.6 is 0 Å². The van der Waals surface area contributed by atoms with Crippen molar-refractivity contribution in [1.29, 1.82) is 0 Å². The van der Waals surface area contributed by atoms with E-state index in [0.717, 1.165) is 16.5 Å². The Morgan fingerprint density at radius 3 is 2.65 bits per heavy atom. The molecule has 0 saturated carbocycles. The van der Waals surface area contributed by atoms with Gasteiger partial charge in [-0.1, -0.05) is 12.1 Å². The maximum absolute atomic E-state index is 5.87. The standard InChI is InChI=1S/C15H14N4O/c1-9-4-5-12(14-10(9)3-2-7-18-14)20-11-6-8-19-15(17)13(11)16/h2-8H,16H2,1H3,(H2,17,19). The molecule has 3 aromatic rings. The summed E-state index contributed by atoms with van der Waals surface area (Å²) in [5, 5.41) is 1.05. The summed E-state index contributed by atoms with van der Waals surface area (Å²) in [4.78, 5) is 8.29. The maximum atomic E-state index is 5.87. The number of nitrogens with zero attached hydrogens (tertiary/aromatic N) is 2. The lowest BCUT2D eigenvalue weighted by Crippen LogP contribution is -2.00. The zero-order valence-corrected chi connectivity index (χ0v) is 11.0. The SMILES string of the molecule is Cc1ccc(Oc2ccnc(N)c2N)c2ncccc12. The number of ether oxygens (including phenoxy) is 1. The third-order valence-corrected chi connectivity index (χ3v) is 3.15. The third-order valence-electron chi connectivity index (χ3n) is 3.15. The van der Waals surface area contributed by atoms with Gasteiger partial charge in [0.05, 0.1) is 0 Å². The number of nitrogens with two attached hydrogens (primary N) is 2. The largest absolute Gasteiger partial charge is 0.453 e. The molecule has 20 heavy (non-hydrogen) atoms. The highest BCUT2D eigenvalue weighted by molar-refractivity contribution is 5.87. The van der Waals surface area contributed by atoms with E-state index in [1.165, 1.54) is 0 Å². The number of anilines is 2. The van der Waals surface area contributed by atoms with E-state index in [0.29, 0.717) is 17.2 Å². The normalized spacial score (nSPS) is 10.7. The van der Waals surface area contributed by atoms with E-state index in [-0.39, 0.29) is 5.82 Å². The van der Waals surface area contributed by atoms with Gasteiger partial charge in [-0.05, 0) is 24.6 Å². The van der Waals surface area contributed by atoms with Crippen molar-refractivity contribution in [2.75, 3.05) is 11.5 Å². The molecule has 0 bridgehead atoms. The van der Waals surface area contributed by atoms with Gasteiger partial charge in [-0.2, -0.15) is 0 Å². The summed E-state index contributed by atoms with van der Waals surface area (Å²) in [6, 6.07) is 9.45. The molecule has 0 aliphatic carbocycles. The number of pyridine rings is 2. The second kappa shape index (κ2) is 4.70. The zero-order valence-electron chi connectivity index (χ0n) is 11.0. The Morgan fingerprint density at radius 1 is 0.950 bits per heavy atom. The molecule has 0 atom stereocenters. The molecular weight excluding hydrogens is 252 g/mol. The van der Waals surface area contributed by atoms with E-state index in [1.54, 1.807) is 18.5 Å². The number of aryl methyl sites for hydroxylation is 1. The summed E-state index contributed by atoms with van der Waals surface area (Å²) in [6.45, 7) is 2.03. The summed E-state index contributed by atoms with van der Waals surface area (Å²) < 4.78 is 5.85. The molecule has 3 rings (SSSR count). The van der Waals surface area contributed by atoms with Crippen molar-refractivity contribution in [2.24, 2.45) is 0 Å². The summed E-state index contributed by atoms with van der Waals surface area (Å²) in [5.41, 5.74) is 13.8. The molecule has 0 aliphatic heterocycles.